The second kappa shape index (κ2) is 16.6. The van der Waals surface area contributed by atoms with Gasteiger partial charge in [-0.25, -0.2) is 0 Å². The summed E-state index contributed by atoms with van der Waals surface area (Å²) in [5.74, 6) is -9.62. The molecule has 4 nitrogen and oxygen atoms in total. The van der Waals surface area contributed by atoms with Gasteiger partial charge in [-0.2, -0.15) is 0 Å². The molecule has 54 heavy (non-hydrogen) atoms. The van der Waals surface area contributed by atoms with Crippen molar-refractivity contribution in [3.63, 3.8) is 0 Å². The van der Waals surface area contributed by atoms with E-state index in [-0.39, 0.29) is 29.1 Å². The summed E-state index contributed by atoms with van der Waals surface area (Å²) in [4.78, 5) is 2.28. The minimum atomic E-state index is -2.70. The van der Waals surface area contributed by atoms with Gasteiger partial charge in [-0.1, -0.05) is 57.6 Å². The smallest absolute Gasteiger partial charge is 0.206 e. The van der Waals surface area contributed by atoms with Gasteiger partial charge in [0, 0.05) is 11.4 Å². The molecule has 1 aliphatic heterocycles. The molecule has 0 radical (unpaired) electrons. The van der Waals surface area contributed by atoms with Crippen molar-refractivity contribution in [2.45, 2.75) is 81.4 Å². The summed E-state index contributed by atoms with van der Waals surface area (Å²) in [6.07, 6.45) is 4.31. The maximum Gasteiger partial charge on any atom is 0.206 e. The molecule has 290 valence electrons. The van der Waals surface area contributed by atoms with Crippen LogP contribution < -0.4 is 14.4 Å². The first-order chi connectivity index (χ1) is 25.3. The van der Waals surface area contributed by atoms with Gasteiger partial charge < -0.3 is 9.48 Å². The molecular formula is C42H43Cl2F5N2O2Ru. The van der Waals surface area contributed by atoms with Crippen LogP contribution >= 0.6 is 19.4 Å². The summed E-state index contributed by atoms with van der Waals surface area (Å²) in [5.41, 5.74) is 9.79. The fraction of sp³-hybridized carbons (Fsp3) is 0.333. The van der Waals surface area contributed by atoms with Crippen LogP contribution in [-0.4, -0.2) is 40.3 Å². The van der Waals surface area contributed by atoms with Crippen molar-refractivity contribution in [3.8, 4) is 11.5 Å². The average molecular weight is 875 g/mol. The van der Waals surface area contributed by atoms with Gasteiger partial charge in [0.05, 0.1) is 0 Å². The normalized spacial score (nSPS) is 13.9. The first-order valence-electron chi connectivity index (χ1n) is 17.4. The summed E-state index contributed by atoms with van der Waals surface area (Å²) in [6.45, 7) is 22.2. The van der Waals surface area contributed by atoms with E-state index in [0.29, 0.717) is 15.4 Å². The number of hydrogen-bond donors (Lipinski definition) is 0. The molecule has 1 aliphatic carbocycles. The third-order valence-electron chi connectivity index (χ3n) is 8.82. The van der Waals surface area contributed by atoms with E-state index in [9.17, 15) is 22.0 Å². The third kappa shape index (κ3) is 8.46. The Bertz CT molecular complexity index is 2170. The Morgan fingerprint density at radius 3 is 1.69 bits per heavy atom. The van der Waals surface area contributed by atoms with Gasteiger partial charge in [-0.05, 0) is 41.5 Å². The van der Waals surface area contributed by atoms with Gasteiger partial charge >= 0.3 is 189 Å². The van der Waals surface area contributed by atoms with Crippen LogP contribution in [0.1, 0.15) is 77.8 Å². The summed E-state index contributed by atoms with van der Waals surface area (Å²) in [6, 6.07) is 12.1. The van der Waals surface area contributed by atoms with E-state index in [1.165, 1.54) is 56.9 Å². The van der Waals surface area contributed by atoms with Crippen LogP contribution in [0.3, 0.4) is 0 Å². The number of nitrogens with zero attached hydrogens (tertiary/aromatic N) is 2. The fourth-order valence-corrected chi connectivity index (χ4v) is 9.59. The van der Waals surface area contributed by atoms with Crippen molar-refractivity contribution in [2.24, 2.45) is 0 Å². The van der Waals surface area contributed by atoms with E-state index in [4.69, 9.17) is 28.9 Å². The minimum absolute atomic E-state index is 0.159. The number of hydrogen-bond acceptors (Lipinski definition) is 3. The molecule has 4 aromatic carbocycles. The van der Waals surface area contributed by atoms with Crippen LogP contribution in [0.5, 0.6) is 11.5 Å². The summed E-state index contributed by atoms with van der Waals surface area (Å²) in [7, 11) is 12.4. The molecular weight excluding hydrogens is 831 g/mol. The molecule has 0 N–H and O–H groups in total. The van der Waals surface area contributed by atoms with E-state index in [1.54, 1.807) is 33.8 Å². The zero-order valence-electron chi connectivity index (χ0n) is 31.8. The Morgan fingerprint density at radius 2 is 1.19 bits per heavy atom. The Kier molecular flexibility index (Phi) is 12.8. The zero-order chi connectivity index (χ0) is 39.9. The van der Waals surface area contributed by atoms with Crippen molar-refractivity contribution in [3.05, 3.63) is 122 Å². The number of rotatable bonds is 7. The van der Waals surface area contributed by atoms with Crippen LogP contribution in [0.15, 0.2) is 42.5 Å². The molecule has 12 heteroatoms. The van der Waals surface area contributed by atoms with Crippen LogP contribution in [0, 0.1) is 70.6 Å². The minimum Gasteiger partial charge on any atom is -0.333 e. The summed E-state index contributed by atoms with van der Waals surface area (Å²) >= 11 is -2.70. The van der Waals surface area contributed by atoms with Gasteiger partial charge in [0.2, 0.25) is 6.34 Å². The van der Waals surface area contributed by atoms with Crippen LogP contribution in [0.25, 0.3) is 5.57 Å². The van der Waals surface area contributed by atoms with Crippen molar-refractivity contribution in [1.82, 2.24) is 0 Å². The Labute approximate surface area is 327 Å². The van der Waals surface area contributed by atoms with Crippen molar-refractivity contribution >= 4 is 46.8 Å². The van der Waals surface area contributed by atoms with E-state index >= 15 is 0 Å². The first kappa shape index (κ1) is 41.6. The van der Waals surface area contributed by atoms with Crippen molar-refractivity contribution in [2.75, 3.05) is 18.0 Å². The maximum atomic E-state index is 14.6. The number of allylic oxidation sites excluding steroid dienone is 1. The molecule has 6 rings (SSSR count). The molecule has 0 fully saturated rings. The molecule has 4 aromatic rings. The van der Waals surface area contributed by atoms with Gasteiger partial charge in [0.25, 0.3) is 0 Å². The number of benzene rings is 4. The monoisotopic (exact) mass is 874 g/mol. The summed E-state index contributed by atoms with van der Waals surface area (Å²) in [5, 5.41) is 0. The van der Waals surface area contributed by atoms with Crippen molar-refractivity contribution < 1.29 is 49.5 Å². The number of halogens is 7. The largest absolute Gasteiger partial charge is 0.333 e. The van der Waals surface area contributed by atoms with Gasteiger partial charge in [-0.3, -0.25) is 0 Å². The molecule has 0 saturated carbocycles. The Morgan fingerprint density at radius 1 is 0.685 bits per heavy atom. The van der Waals surface area contributed by atoms with Crippen LogP contribution in [-0.2, 0) is 13.5 Å². The molecule has 0 saturated heterocycles. The molecule has 0 bridgehead atoms. The van der Waals surface area contributed by atoms with Crippen LogP contribution in [0.4, 0.5) is 33.3 Å². The molecule has 2 aliphatic rings. The van der Waals surface area contributed by atoms with Crippen LogP contribution in [0.2, 0.25) is 0 Å². The Hall–Kier alpha value is -3.59. The Balaban J connectivity index is 0.000000217. The molecule has 0 atom stereocenters. The van der Waals surface area contributed by atoms with Gasteiger partial charge in [-0.15, -0.1) is 0 Å². The third-order valence-corrected chi connectivity index (χ3v) is 11.9. The van der Waals surface area contributed by atoms with E-state index in [1.807, 2.05) is 0 Å². The number of anilines is 1. The molecule has 0 unspecified atom stereocenters. The first-order valence-corrected chi connectivity index (χ1v) is 22.7. The number of ether oxygens (including phenoxy) is 2. The van der Waals surface area contributed by atoms with E-state index in [2.05, 4.69) is 81.6 Å². The van der Waals surface area contributed by atoms with E-state index in [0.717, 1.165) is 13.1 Å². The standard InChI is InChI=1S/C21H17F5O2.C21H26N2.2ClH.Ru/c1-9(2)27-11-7-14-12(15(8-11)28-10(3)4)5-6-13(14)16-17(22)19(24)21(26)20(25)18(16)23;1-14-9-16(3)20(17(4)10-14)22-7-8-23(13-22)21-18(5)11-15(2)12-19(21)6;;;/h6-10H,1-4H3;9-12H,7-8H2,1-6H3;2*1H;/q;;;;+2/p-2. The SMILES string of the molecule is CC(C)Oc1cc(OC(C)C)c2c(c1)C(c1c(F)c(F)c(F)c(F)c1F)=C[C]2=[Ru]([Cl])[Cl].Cc1cc(C)c(N2[C-]=[N+](c3c(C)cc(C)cc3C)CC2)c(C)c1. The number of fused-ring (bicyclic) bond motifs is 1. The quantitative estimate of drug-likeness (QED) is 0.0462. The predicted molar refractivity (Wildman–Crippen MR) is 206 cm³/mol. The second-order valence-corrected chi connectivity index (χ2v) is 19.9. The predicted octanol–water partition coefficient (Wildman–Crippen LogP) is 11.5. The maximum absolute atomic E-state index is 14.6. The molecule has 1 heterocycles. The van der Waals surface area contributed by atoms with Gasteiger partial charge in [0.1, 0.15) is 13.1 Å². The second-order valence-electron chi connectivity index (χ2n) is 14.1. The summed E-state index contributed by atoms with van der Waals surface area (Å²) < 4.78 is 84.8. The van der Waals surface area contributed by atoms with Crippen molar-refractivity contribution in [1.29, 1.82) is 0 Å². The molecule has 0 amide bonds. The number of aryl methyl sites for hydroxylation is 6. The topological polar surface area (TPSA) is 24.7 Å². The fourth-order valence-electron chi connectivity index (χ4n) is 7.12. The molecule has 0 aromatic heterocycles. The van der Waals surface area contributed by atoms with Gasteiger partial charge in [0.15, 0.2) is 0 Å². The average Bonchev–Trinajstić information content (AvgIpc) is 3.68. The zero-order valence-corrected chi connectivity index (χ0v) is 35.1. The molecule has 0 spiro atoms. The van der Waals surface area contributed by atoms with E-state index < -0.39 is 48.2 Å².